The minimum atomic E-state index is -0.317. The van der Waals surface area contributed by atoms with Crippen LogP contribution in [0.2, 0.25) is 0 Å². The molecule has 0 spiro atoms. The van der Waals surface area contributed by atoms with Crippen LogP contribution in [-0.2, 0) is 7.05 Å². The van der Waals surface area contributed by atoms with Gasteiger partial charge in [-0.15, -0.1) is 11.6 Å². The monoisotopic (exact) mass is 243 g/mol. The van der Waals surface area contributed by atoms with Gasteiger partial charge in [0.05, 0.1) is 5.54 Å². The molecule has 1 amide bonds. The van der Waals surface area contributed by atoms with E-state index in [1.54, 1.807) is 24.0 Å². The molecular formula is C11H18ClN3O. The first-order valence-corrected chi connectivity index (χ1v) is 5.98. The number of aryl methyl sites for hydroxylation is 1. The van der Waals surface area contributed by atoms with Crippen molar-refractivity contribution in [2.24, 2.45) is 7.05 Å². The molecule has 0 saturated heterocycles. The summed E-state index contributed by atoms with van der Waals surface area (Å²) < 4.78 is 1.56. The van der Waals surface area contributed by atoms with Crippen molar-refractivity contribution in [3.63, 3.8) is 0 Å². The maximum absolute atomic E-state index is 12.0. The van der Waals surface area contributed by atoms with Crippen molar-refractivity contribution in [3.8, 4) is 0 Å². The predicted octanol–water partition coefficient (Wildman–Crippen LogP) is 1.95. The second kappa shape index (κ2) is 5.34. The first-order valence-electron chi connectivity index (χ1n) is 5.45. The highest BCUT2D eigenvalue weighted by Crippen LogP contribution is 2.17. The molecule has 16 heavy (non-hydrogen) atoms. The summed E-state index contributed by atoms with van der Waals surface area (Å²) in [5, 5.41) is 6.96. The van der Waals surface area contributed by atoms with Crippen molar-refractivity contribution < 1.29 is 4.79 Å². The summed E-state index contributed by atoms with van der Waals surface area (Å²) in [7, 11) is 1.75. The van der Waals surface area contributed by atoms with Crippen molar-refractivity contribution in [1.29, 1.82) is 0 Å². The van der Waals surface area contributed by atoms with E-state index in [4.69, 9.17) is 11.6 Å². The summed E-state index contributed by atoms with van der Waals surface area (Å²) in [6, 6.07) is 1.69. The average molecular weight is 244 g/mol. The number of aromatic nitrogens is 2. The molecule has 0 aliphatic heterocycles. The molecule has 5 heteroatoms. The Hall–Kier alpha value is -1.03. The molecule has 1 N–H and O–H groups in total. The molecule has 0 fully saturated rings. The topological polar surface area (TPSA) is 46.9 Å². The summed E-state index contributed by atoms with van der Waals surface area (Å²) in [6.45, 7) is 4.05. The van der Waals surface area contributed by atoms with Crippen molar-refractivity contribution >= 4 is 17.5 Å². The number of halogens is 1. The summed E-state index contributed by atoms with van der Waals surface area (Å²) in [5.74, 6) is 0.299. The lowest BCUT2D eigenvalue weighted by Gasteiger charge is -2.30. The second-order valence-electron chi connectivity index (χ2n) is 3.92. The Bertz CT molecular complexity index is 350. The lowest BCUT2D eigenvalue weighted by molar-refractivity contribution is 0.0893. The van der Waals surface area contributed by atoms with Crippen LogP contribution in [0.25, 0.3) is 0 Å². The fourth-order valence-corrected chi connectivity index (χ4v) is 2.00. The molecule has 0 radical (unpaired) electrons. The SMILES string of the molecule is CCC(CC)(CCl)NC(=O)c1ccnn1C. The van der Waals surface area contributed by atoms with Gasteiger partial charge in [-0.25, -0.2) is 0 Å². The van der Waals surface area contributed by atoms with E-state index < -0.39 is 0 Å². The summed E-state index contributed by atoms with van der Waals surface area (Å²) >= 11 is 5.93. The van der Waals surface area contributed by atoms with Gasteiger partial charge in [0.15, 0.2) is 0 Å². The number of alkyl halides is 1. The van der Waals surface area contributed by atoms with Gasteiger partial charge >= 0.3 is 0 Å². The molecule has 90 valence electrons. The van der Waals surface area contributed by atoms with E-state index in [-0.39, 0.29) is 11.4 Å². The standard InChI is InChI=1S/C11H18ClN3O/c1-4-11(5-2,8-12)14-10(16)9-6-7-13-15(9)3/h6-7H,4-5,8H2,1-3H3,(H,14,16). The van der Waals surface area contributed by atoms with Gasteiger partial charge in [0, 0.05) is 19.1 Å². The lowest BCUT2D eigenvalue weighted by atomic mass is 9.95. The Morgan fingerprint density at radius 3 is 2.56 bits per heavy atom. The van der Waals surface area contributed by atoms with Crippen LogP contribution in [0, 0.1) is 0 Å². The number of carbonyl (C=O) groups is 1. The van der Waals surface area contributed by atoms with E-state index in [0.717, 1.165) is 12.8 Å². The van der Waals surface area contributed by atoms with Crippen LogP contribution in [-0.4, -0.2) is 27.1 Å². The van der Waals surface area contributed by atoms with E-state index in [9.17, 15) is 4.79 Å². The van der Waals surface area contributed by atoms with Crippen LogP contribution in [0.3, 0.4) is 0 Å². The van der Waals surface area contributed by atoms with Crippen molar-refractivity contribution in [3.05, 3.63) is 18.0 Å². The van der Waals surface area contributed by atoms with E-state index in [1.807, 2.05) is 13.8 Å². The normalized spacial score (nSPS) is 11.5. The molecule has 0 atom stereocenters. The van der Waals surface area contributed by atoms with Crippen LogP contribution < -0.4 is 5.32 Å². The van der Waals surface area contributed by atoms with E-state index in [1.165, 1.54) is 0 Å². The minimum Gasteiger partial charge on any atom is -0.344 e. The second-order valence-corrected chi connectivity index (χ2v) is 4.18. The van der Waals surface area contributed by atoms with Crippen LogP contribution in [0.4, 0.5) is 0 Å². The molecule has 1 aromatic heterocycles. The minimum absolute atomic E-state index is 0.121. The van der Waals surface area contributed by atoms with Gasteiger partial charge in [0.25, 0.3) is 5.91 Å². The largest absolute Gasteiger partial charge is 0.344 e. The molecule has 0 aromatic carbocycles. The smallest absolute Gasteiger partial charge is 0.270 e. The van der Waals surface area contributed by atoms with Gasteiger partial charge in [-0.1, -0.05) is 13.8 Å². The Kier molecular flexibility index (Phi) is 4.35. The average Bonchev–Trinajstić information content (AvgIpc) is 2.72. The number of nitrogens with one attached hydrogen (secondary N) is 1. The Morgan fingerprint density at radius 1 is 1.56 bits per heavy atom. The van der Waals surface area contributed by atoms with Crippen LogP contribution in [0.1, 0.15) is 37.2 Å². The van der Waals surface area contributed by atoms with Gasteiger partial charge in [-0.05, 0) is 18.9 Å². The van der Waals surface area contributed by atoms with Crippen molar-refractivity contribution in [1.82, 2.24) is 15.1 Å². The quantitative estimate of drug-likeness (QED) is 0.804. The number of amides is 1. The van der Waals surface area contributed by atoms with Crippen molar-refractivity contribution in [2.45, 2.75) is 32.2 Å². The van der Waals surface area contributed by atoms with Crippen LogP contribution >= 0.6 is 11.6 Å². The van der Waals surface area contributed by atoms with Crippen LogP contribution in [0.5, 0.6) is 0 Å². The van der Waals surface area contributed by atoms with Gasteiger partial charge in [0.2, 0.25) is 0 Å². The van der Waals surface area contributed by atoms with Gasteiger partial charge in [-0.3, -0.25) is 9.48 Å². The molecule has 0 saturated carbocycles. The zero-order valence-electron chi connectivity index (χ0n) is 9.96. The highest BCUT2D eigenvalue weighted by Gasteiger charge is 2.28. The van der Waals surface area contributed by atoms with Gasteiger partial charge in [-0.2, -0.15) is 5.10 Å². The highest BCUT2D eigenvalue weighted by atomic mass is 35.5. The summed E-state index contributed by atoms with van der Waals surface area (Å²) in [6.07, 6.45) is 3.24. The molecule has 0 unspecified atom stereocenters. The first kappa shape index (κ1) is 13.0. The van der Waals surface area contributed by atoms with E-state index in [2.05, 4.69) is 10.4 Å². The molecular weight excluding hydrogens is 226 g/mol. The van der Waals surface area contributed by atoms with E-state index in [0.29, 0.717) is 11.6 Å². The third-order valence-electron chi connectivity index (χ3n) is 3.04. The number of rotatable bonds is 5. The van der Waals surface area contributed by atoms with Crippen LogP contribution in [0.15, 0.2) is 12.3 Å². The molecule has 1 heterocycles. The Labute approximate surface area is 101 Å². The molecule has 0 bridgehead atoms. The number of hydrogen-bond donors (Lipinski definition) is 1. The molecule has 0 aliphatic carbocycles. The Morgan fingerprint density at radius 2 is 2.19 bits per heavy atom. The van der Waals surface area contributed by atoms with E-state index >= 15 is 0 Å². The maximum Gasteiger partial charge on any atom is 0.270 e. The molecule has 4 nitrogen and oxygen atoms in total. The number of nitrogens with zero attached hydrogens (tertiary/aromatic N) is 2. The summed E-state index contributed by atoms with van der Waals surface area (Å²) in [4.78, 5) is 12.0. The first-order chi connectivity index (χ1) is 7.58. The third-order valence-corrected chi connectivity index (χ3v) is 3.55. The fourth-order valence-electron chi connectivity index (χ4n) is 1.55. The predicted molar refractivity (Wildman–Crippen MR) is 64.7 cm³/mol. The fraction of sp³-hybridized carbons (Fsp3) is 0.636. The zero-order valence-corrected chi connectivity index (χ0v) is 10.7. The zero-order chi connectivity index (χ0) is 12.2. The Balaban J connectivity index is 2.81. The van der Waals surface area contributed by atoms with Gasteiger partial charge in [0.1, 0.15) is 5.69 Å². The third kappa shape index (κ3) is 2.55. The lowest BCUT2D eigenvalue weighted by Crippen LogP contribution is -2.49. The molecule has 1 aromatic rings. The van der Waals surface area contributed by atoms with Crippen molar-refractivity contribution in [2.75, 3.05) is 5.88 Å². The molecule has 0 aliphatic rings. The molecule has 1 rings (SSSR count). The maximum atomic E-state index is 12.0. The number of carbonyl (C=O) groups excluding carboxylic acids is 1. The number of hydrogen-bond acceptors (Lipinski definition) is 2. The van der Waals surface area contributed by atoms with Gasteiger partial charge < -0.3 is 5.32 Å². The highest BCUT2D eigenvalue weighted by molar-refractivity contribution is 6.18. The summed E-state index contributed by atoms with van der Waals surface area (Å²) in [5.41, 5.74) is 0.236.